The number of carboxylic acid groups (broad SMARTS) is 1. The molecule has 0 saturated heterocycles. The predicted octanol–water partition coefficient (Wildman–Crippen LogP) is 4.57. The summed E-state index contributed by atoms with van der Waals surface area (Å²) in [6.45, 7) is 4.33. The van der Waals surface area contributed by atoms with Crippen LogP contribution < -0.4 is 0 Å². The Morgan fingerprint density at radius 3 is 2.56 bits per heavy atom. The molecule has 0 bridgehead atoms. The number of rotatable bonds is 13. The Hall–Kier alpha value is -1.01. The zero-order chi connectivity index (χ0) is 20.1. The van der Waals surface area contributed by atoms with Crippen molar-refractivity contribution in [3.63, 3.8) is 0 Å². The minimum atomic E-state index is -0.882. The van der Waals surface area contributed by atoms with Crippen molar-refractivity contribution in [2.75, 3.05) is 12.4 Å². The summed E-state index contributed by atoms with van der Waals surface area (Å²) in [6.07, 6.45) is 11.4. The summed E-state index contributed by atoms with van der Waals surface area (Å²) >= 11 is 1.38. The lowest BCUT2D eigenvalue weighted by molar-refractivity contribution is -0.140. The number of unbranched alkanes of at least 4 members (excludes halogenated alkanes) is 6. The molecule has 6 heteroatoms. The molecule has 1 aliphatic rings. The van der Waals surface area contributed by atoms with E-state index >= 15 is 0 Å². The minimum absolute atomic E-state index is 0.0255. The first-order chi connectivity index (χ1) is 13.0. The van der Waals surface area contributed by atoms with Crippen molar-refractivity contribution in [3.8, 4) is 0 Å². The van der Waals surface area contributed by atoms with Gasteiger partial charge in [0.2, 0.25) is 0 Å². The average molecular weight is 401 g/mol. The molecule has 1 aliphatic carbocycles. The molecule has 0 aliphatic heterocycles. The Balaban J connectivity index is 2.61. The Morgan fingerprint density at radius 2 is 1.89 bits per heavy atom. The van der Waals surface area contributed by atoms with Crippen LogP contribution in [0.2, 0.25) is 0 Å². The number of allylic oxidation sites excluding steroid dienone is 1. The van der Waals surface area contributed by atoms with Crippen LogP contribution in [0, 0.1) is 5.92 Å². The molecular weight excluding hydrogens is 364 g/mol. The van der Waals surface area contributed by atoms with Crippen LogP contribution in [-0.4, -0.2) is 45.9 Å². The molecule has 0 aromatic heterocycles. The van der Waals surface area contributed by atoms with Crippen LogP contribution in [0.4, 0.5) is 0 Å². The number of carboxylic acids is 1. The van der Waals surface area contributed by atoms with Gasteiger partial charge in [-0.3, -0.25) is 9.59 Å². The number of ether oxygens (including phenoxy) is 1. The van der Waals surface area contributed by atoms with Crippen LogP contribution in [0.3, 0.4) is 0 Å². The van der Waals surface area contributed by atoms with Crippen LogP contribution >= 0.6 is 11.8 Å². The van der Waals surface area contributed by atoms with Gasteiger partial charge in [-0.2, -0.15) is 0 Å². The Morgan fingerprint density at radius 1 is 1.19 bits per heavy atom. The summed E-state index contributed by atoms with van der Waals surface area (Å²) in [5.41, 5.74) is 1.16. The quantitative estimate of drug-likeness (QED) is 0.268. The van der Waals surface area contributed by atoms with Crippen LogP contribution in [0.25, 0.3) is 0 Å². The highest BCUT2D eigenvalue weighted by atomic mass is 32.2. The van der Waals surface area contributed by atoms with Gasteiger partial charge in [0.1, 0.15) is 0 Å². The van der Waals surface area contributed by atoms with E-state index in [-0.39, 0.29) is 29.3 Å². The molecular formula is C21H36O5S. The standard InChI is InChI=1S/C21H36O5S/c1-3-5-6-7-8-9-10-11-16-12-13-17(14-18(22)23)20(25)21(16)27-15-19(24)26-4-2/h11,17,20-21,25H,3-10,12-15H2,1-2H3,(H,22,23)/b16-11+/t17-,20-,21-/m0/s1. The Labute approximate surface area is 167 Å². The zero-order valence-electron chi connectivity index (χ0n) is 16.8. The molecule has 156 valence electrons. The van der Waals surface area contributed by atoms with E-state index in [2.05, 4.69) is 13.0 Å². The summed E-state index contributed by atoms with van der Waals surface area (Å²) in [5, 5.41) is 19.6. The summed E-state index contributed by atoms with van der Waals surface area (Å²) < 4.78 is 4.99. The third-order valence-electron chi connectivity index (χ3n) is 5.05. The third kappa shape index (κ3) is 9.65. The molecule has 5 nitrogen and oxygen atoms in total. The smallest absolute Gasteiger partial charge is 0.315 e. The molecule has 1 saturated carbocycles. The second-order valence-corrected chi connectivity index (χ2v) is 8.39. The van der Waals surface area contributed by atoms with E-state index in [9.17, 15) is 14.7 Å². The van der Waals surface area contributed by atoms with Crippen molar-refractivity contribution in [2.24, 2.45) is 5.92 Å². The van der Waals surface area contributed by atoms with Crippen LogP contribution in [0.5, 0.6) is 0 Å². The molecule has 0 unspecified atom stereocenters. The summed E-state index contributed by atoms with van der Waals surface area (Å²) in [7, 11) is 0. The van der Waals surface area contributed by atoms with E-state index in [1.54, 1.807) is 6.92 Å². The second-order valence-electron chi connectivity index (χ2n) is 7.26. The van der Waals surface area contributed by atoms with Gasteiger partial charge in [0.25, 0.3) is 0 Å². The van der Waals surface area contributed by atoms with Gasteiger partial charge in [-0.1, -0.05) is 50.7 Å². The first-order valence-electron chi connectivity index (χ1n) is 10.4. The predicted molar refractivity (Wildman–Crippen MR) is 110 cm³/mol. The monoisotopic (exact) mass is 400 g/mol. The molecule has 1 rings (SSSR count). The van der Waals surface area contributed by atoms with Crippen LogP contribution in [0.15, 0.2) is 11.6 Å². The summed E-state index contributed by atoms with van der Waals surface area (Å²) in [6, 6.07) is 0. The lowest BCUT2D eigenvalue weighted by Gasteiger charge is -2.36. The largest absolute Gasteiger partial charge is 0.481 e. The van der Waals surface area contributed by atoms with Gasteiger partial charge in [0, 0.05) is 0 Å². The lowest BCUT2D eigenvalue weighted by atomic mass is 9.80. The topological polar surface area (TPSA) is 83.8 Å². The first-order valence-corrected chi connectivity index (χ1v) is 11.4. The van der Waals surface area contributed by atoms with Crippen LogP contribution in [-0.2, 0) is 14.3 Å². The maximum absolute atomic E-state index is 11.7. The van der Waals surface area contributed by atoms with E-state index in [1.165, 1.54) is 43.9 Å². The number of aliphatic carboxylic acids is 1. The summed E-state index contributed by atoms with van der Waals surface area (Å²) in [5.74, 6) is -1.24. The van der Waals surface area contributed by atoms with Crippen molar-refractivity contribution in [2.45, 2.75) is 89.4 Å². The molecule has 27 heavy (non-hydrogen) atoms. The second kappa shape index (κ2) is 14.1. The number of aliphatic hydroxyl groups excluding tert-OH is 1. The highest BCUT2D eigenvalue weighted by Gasteiger charge is 2.36. The zero-order valence-corrected chi connectivity index (χ0v) is 17.6. The van der Waals surface area contributed by atoms with E-state index in [0.717, 1.165) is 24.8 Å². The molecule has 0 radical (unpaired) electrons. The van der Waals surface area contributed by atoms with Crippen molar-refractivity contribution in [1.82, 2.24) is 0 Å². The maximum Gasteiger partial charge on any atom is 0.315 e. The number of esters is 1. The van der Waals surface area contributed by atoms with Gasteiger partial charge in [0.05, 0.1) is 30.1 Å². The Kier molecular flexibility index (Phi) is 12.5. The molecule has 3 atom stereocenters. The molecule has 0 aromatic carbocycles. The third-order valence-corrected chi connectivity index (χ3v) is 6.39. The lowest BCUT2D eigenvalue weighted by Crippen LogP contribution is -2.39. The van der Waals surface area contributed by atoms with Crippen molar-refractivity contribution >= 4 is 23.7 Å². The van der Waals surface area contributed by atoms with Crippen LogP contribution in [0.1, 0.15) is 78.1 Å². The highest BCUT2D eigenvalue weighted by molar-refractivity contribution is 8.00. The molecule has 0 spiro atoms. The van der Waals surface area contributed by atoms with E-state index < -0.39 is 12.1 Å². The fourth-order valence-corrected chi connectivity index (χ4v) is 4.82. The fourth-order valence-electron chi connectivity index (χ4n) is 3.58. The summed E-state index contributed by atoms with van der Waals surface area (Å²) in [4.78, 5) is 22.8. The van der Waals surface area contributed by atoms with E-state index in [4.69, 9.17) is 9.84 Å². The minimum Gasteiger partial charge on any atom is -0.481 e. The van der Waals surface area contributed by atoms with Crippen molar-refractivity contribution in [3.05, 3.63) is 11.6 Å². The number of carbonyl (C=O) groups excluding carboxylic acids is 1. The van der Waals surface area contributed by atoms with Gasteiger partial charge in [-0.05, 0) is 38.5 Å². The molecule has 1 fully saturated rings. The molecule has 0 amide bonds. The van der Waals surface area contributed by atoms with Gasteiger partial charge >= 0.3 is 11.9 Å². The fraction of sp³-hybridized carbons (Fsp3) is 0.810. The van der Waals surface area contributed by atoms with E-state index in [0.29, 0.717) is 13.0 Å². The number of aliphatic hydroxyl groups is 1. The van der Waals surface area contributed by atoms with Gasteiger partial charge in [-0.25, -0.2) is 0 Å². The SMILES string of the molecule is CCCCCCCC/C=C1\CC[C@@H](CC(=O)O)[C@H](O)[C@H]1SCC(=O)OCC. The number of carbonyl (C=O) groups is 2. The number of hydrogen-bond acceptors (Lipinski definition) is 5. The van der Waals surface area contributed by atoms with Crippen molar-refractivity contribution < 1.29 is 24.5 Å². The van der Waals surface area contributed by atoms with Crippen molar-refractivity contribution in [1.29, 1.82) is 0 Å². The van der Waals surface area contributed by atoms with Gasteiger partial charge in [-0.15, -0.1) is 11.8 Å². The molecule has 0 aromatic rings. The number of hydrogen-bond donors (Lipinski definition) is 2. The highest BCUT2D eigenvalue weighted by Crippen LogP contribution is 2.38. The van der Waals surface area contributed by atoms with Gasteiger partial charge in [0.15, 0.2) is 0 Å². The van der Waals surface area contributed by atoms with E-state index in [1.807, 2.05) is 0 Å². The average Bonchev–Trinajstić information content (AvgIpc) is 2.62. The maximum atomic E-state index is 11.7. The molecule has 0 heterocycles. The van der Waals surface area contributed by atoms with Gasteiger partial charge < -0.3 is 14.9 Å². The Bertz CT molecular complexity index is 477. The number of thioether (sulfide) groups is 1. The molecule has 2 N–H and O–H groups in total. The first kappa shape index (κ1) is 24.0. The normalized spacial score (nSPS) is 24.1.